The Balaban J connectivity index is 0.00000220. The van der Waals surface area contributed by atoms with Gasteiger partial charge < -0.3 is 20.3 Å². The third kappa shape index (κ3) is 6.59. The van der Waals surface area contributed by atoms with Crippen molar-refractivity contribution < 1.29 is 9.53 Å². The lowest BCUT2D eigenvalue weighted by Gasteiger charge is -2.34. The van der Waals surface area contributed by atoms with E-state index < -0.39 is 0 Å². The molecule has 1 unspecified atom stereocenters. The Labute approximate surface area is 146 Å². The minimum absolute atomic E-state index is 0. The number of rotatable bonds is 6. The normalized spacial score (nSPS) is 21.1. The SMILES string of the molecule is COC(CN)CC(=O)N1CCC(CN2CCCC2)CC1.Cl.Cl. The Morgan fingerprint density at radius 3 is 2.27 bits per heavy atom. The molecule has 22 heavy (non-hydrogen) atoms. The quantitative estimate of drug-likeness (QED) is 0.784. The minimum atomic E-state index is -0.134. The zero-order chi connectivity index (χ0) is 14.4. The molecule has 5 nitrogen and oxygen atoms in total. The van der Waals surface area contributed by atoms with Crippen molar-refractivity contribution in [3.05, 3.63) is 0 Å². The highest BCUT2D eigenvalue weighted by Crippen LogP contribution is 2.21. The molecule has 0 saturated carbocycles. The van der Waals surface area contributed by atoms with Crippen molar-refractivity contribution in [2.75, 3.05) is 46.4 Å². The van der Waals surface area contributed by atoms with Gasteiger partial charge in [-0.3, -0.25) is 4.79 Å². The first-order chi connectivity index (χ1) is 9.72. The summed E-state index contributed by atoms with van der Waals surface area (Å²) in [6, 6.07) is 0. The molecule has 2 aliphatic rings. The molecular weight excluding hydrogens is 325 g/mol. The molecule has 2 rings (SSSR count). The Kier molecular flexibility index (Phi) is 11.4. The van der Waals surface area contributed by atoms with Gasteiger partial charge in [-0.2, -0.15) is 0 Å². The summed E-state index contributed by atoms with van der Waals surface area (Å²) in [5, 5.41) is 0. The maximum absolute atomic E-state index is 12.2. The second-order valence-electron chi connectivity index (χ2n) is 6.13. The fourth-order valence-electron chi connectivity index (χ4n) is 3.28. The summed E-state index contributed by atoms with van der Waals surface area (Å²) in [6.07, 6.45) is 5.28. The van der Waals surface area contributed by atoms with Crippen molar-refractivity contribution in [1.82, 2.24) is 9.80 Å². The molecule has 2 N–H and O–H groups in total. The lowest BCUT2D eigenvalue weighted by Crippen LogP contribution is -2.43. The van der Waals surface area contributed by atoms with Crippen LogP contribution in [0.15, 0.2) is 0 Å². The van der Waals surface area contributed by atoms with E-state index in [-0.39, 0.29) is 36.8 Å². The number of ether oxygens (including phenoxy) is 1. The molecule has 2 saturated heterocycles. The molecule has 0 aromatic heterocycles. The summed E-state index contributed by atoms with van der Waals surface area (Å²) in [7, 11) is 1.62. The molecule has 0 spiro atoms. The van der Waals surface area contributed by atoms with Crippen molar-refractivity contribution in [2.45, 2.75) is 38.2 Å². The number of carbonyl (C=O) groups excluding carboxylic acids is 1. The van der Waals surface area contributed by atoms with Crippen molar-refractivity contribution in [2.24, 2.45) is 11.7 Å². The number of methoxy groups -OCH3 is 1. The van der Waals surface area contributed by atoms with Gasteiger partial charge in [-0.15, -0.1) is 24.8 Å². The molecule has 132 valence electrons. The van der Waals surface area contributed by atoms with E-state index in [9.17, 15) is 4.79 Å². The van der Waals surface area contributed by atoms with E-state index in [2.05, 4.69) is 4.90 Å². The largest absolute Gasteiger partial charge is 0.380 e. The predicted molar refractivity (Wildman–Crippen MR) is 93.9 cm³/mol. The van der Waals surface area contributed by atoms with Crippen LogP contribution < -0.4 is 5.73 Å². The van der Waals surface area contributed by atoms with Gasteiger partial charge in [0, 0.05) is 33.3 Å². The van der Waals surface area contributed by atoms with E-state index in [1.54, 1.807) is 7.11 Å². The van der Waals surface area contributed by atoms with E-state index in [0.29, 0.717) is 13.0 Å². The van der Waals surface area contributed by atoms with Crippen LogP contribution >= 0.6 is 24.8 Å². The summed E-state index contributed by atoms with van der Waals surface area (Å²) in [6.45, 7) is 5.98. The standard InChI is InChI=1S/C15H29N3O2.2ClH/c1-20-14(11-16)10-15(19)18-8-4-13(5-9-18)12-17-6-2-3-7-17;;/h13-14H,2-12,16H2,1H3;2*1H. The van der Waals surface area contributed by atoms with E-state index in [1.807, 2.05) is 4.90 Å². The number of nitrogens with zero attached hydrogens (tertiary/aromatic N) is 2. The summed E-state index contributed by atoms with van der Waals surface area (Å²) in [5.41, 5.74) is 5.57. The summed E-state index contributed by atoms with van der Waals surface area (Å²) in [4.78, 5) is 16.7. The van der Waals surface area contributed by atoms with Crippen molar-refractivity contribution >= 4 is 30.7 Å². The number of piperidine rings is 1. The zero-order valence-electron chi connectivity index (χ0n) is 13.5. The molecule has 2 heterocycles. The first-order valence-corrected chi connectivity index (χ1v) is 7.96. The highest BCUT2D eigenvalue weighted by atomic mass is 35.5. The molecule has 1 atom stereocenters. The third-order valence-electron chi connectivity index (χ3n) is 4.68. The highest BCUT2D eigenvalue weighted by molar-refractivity contribution is 5.85. The molecule has 0 bridgehead atoms. The smallest absolute Gasteiger partial charge is 0.225 e. The summed E-state index contributed by atoms with van der Waals surface area (Å²) in [5.74, 6) is 0.965. The first kappa shape index (κ1) is 21.9. The molecule has 0 aromatic rings. The molecule has 0 radical (unpaired) electrons. The van der Waals surface area contributed by atoms with Crippen LogP contribution in [0.2, 0.25) is 0 Å². The van der Waals surface area contributed by atoms with Gasteiger partial charge in [0.25, 0.3) is 0 Å². The molecular formula is C15H31Cl2N3O2. The molecule has 0 aromatic carbocycles. The number of halogens is 2. The number of hydrogen-bond acceptors (Lipinski definition) is 4. The van der Waals surface area contributed by atoms with Crippen molar-refractivity contribution in [3.63, 3.8) is 0 Å². The Morgan fingerprint density at radius 1 is 1.18 bits per heavy atom. The zero-order valence-corrected chi connectivity index (χ0v) is 15.2. The van der Waals surface area contributed by atoms with Crippen LogP contribution in [0.3, 0.4) is 0 Å². The van der Waals surface area contributed by atoms with Crippen LogP contribution in [-0.2, 0) is 9.53 Å². The third-order valence-corrected chi connectivity index (χ3v) is 4.68. The van der Waals surface area contributed by atoms with E-state index in [1.165, 1.54) is 32.5 Å². The molecule has 2 fully saturated rings. The Hall–Kier alpha value is -0.0700. The van der Waals surface area contributed by atoms with Crippen molar-refractivity contribution in [1.29, 1.82) is 0 Å². The van der Waals surface area contributed by atoms with Gasteiger partial charge in [0.15, 0.2) is 0 Å². The van der Waals surface area contributed by atoms with Crippen LogP contribution in [0.25, 0.3) is 0 Å². The van der Waals surface area contributed by atoms with Gasteiger partial charge in [0.05, 0.1) is 12.5 Å². The van der Waals surface area contributed by atoms with E-state index in [0.717, 1.165) is 31.8 Å². The van der Waals surface area contributed by atoms with Gasteiger partial charge in [-0.05, 0) is 44.7 Å². The lowest BCUT2D eigenvalue weighted by atomic mass is 9.96. The molecule has 2 aliphatic heterocycles. The number of likely N-dealkylation sites (tertiary alicyclic amines) is 2. The van der Waals surface area contributed by atoms with Crippen molar-refractivity contribution in [3.8, 4) is 0 Å². The average molecular weight is 356 g/mol. The number of amides is 1. The van der Waals surface area contributed by atoms with Crippen LogP contribution in [0.5, 0.6) is 0 Å². The maximum atomic E-state index is 12.2. The van der Waals surface area contributed by atoms with Crippen LogP contribution in [0, 0.1) is 5.92 Å². The summed E-state index contributed by atoms with van der Waals surface area (Å²) < 4.78 is 5.19. The number of carbonyl (C=O) groups is 1. The Morgan fingerprint density at radius 2 is 1.77 bits per heavy atom. The minimum Gasteiger partial charge on any atom is -0.380 e. The van der Waals surface area contributed by atoms with Gasteiger partial charge in [-0.25, -0.2) is 0 Å². The van der Waals surface area contributed by atoms with Gasteiger partial charge >= 0.3 is 0 Å². The topological polar surface area (TPSA) is 58.8 Å². The average Bonchev–Trinajstić information content (AvgIpc) is 2.98. The summed E-state index contributed by atoms with van der Waals surface area (Å²) >= 11 is 0. The van der Waals surface area contributed by atoms with Gasteiger partial charge in [0.2, 0.25) is 5.91 Å². The highest BCUT2D eigenvalue weighted by Gasteiger charge is 2.26. The maximum Gasteiger partial charge on any atom is 0.225 e. The second-order valence-corrected chi connectivity index (χ2v) is 6.13. The Bertz CT molecular complexity index is 303. The molecule has 0 aliphatic carbocycles. The fraction of sp³-hybridized carbons (Fsp3) is 0.933. The van der Waals surface area contributed by atoms with Gasteiger partial charge in [-0.1, -0.05) is 0 Å². The first-order valence-electron chi connectivity index (χ1n) is 7.96. The van der Waals surface area contributed by atoms with E-state index >= 15 is 0 Å². The molecule has 7 heteroatoms. The second kappa shape index (κ2) is 11.5. The monoisotopic (exact) mass is 355 g/mol. The number of hydrogen-bond donors (Lipinski definition) is 1. The lowest BCUT2D eigenvalue weighted by molar-refractivity contribution is -0.135. The fourth-order valence-corrected chi connectivity index (χ4v) is 3.28. The van der Waals surface area contributed by atoms with Crippen LogP contribution in [-0.4, -0.2) is 68.2 Å². The predicted octanol–water partition coefficient (Wildman–Crippen LogP) is 1.53. The van der Waals surface area contributed by atoms with Crippen LogP contribution in [0.4, 0.5) is 0 Å². The van der Waals surface area contributed by atoms with Gasteiger partial charge in [0.1, 0.15) is 0 Å². The van der Waals surface area contributed by atoms with Crippen LogP contribution in [0.1, 0.15) is 32.1 Å². The molecule has 1 amide bonds. The van der Waals surface area contributed by atoms with E-state index in [4.69, 9.17) is 10.5 Å². The number of nitrogens with two attached hydrogens (primary N) is 1.